The third kappa shape index (κ3) is 4.63. The summed E-state index contributed by atoms with van der Waals surface area (Å²) in [6.07, 6.45) is 9.47. The van der Waals surface area contributed by atoms with E-state index >= 15 is 0 Å². The van der Waals surface area contributed by atoms with Gasteiger partial charge in [-0.3, -0.25) is 4.90 Å². The van der Waals surface area contributed by atoms with Crippen LogP contribution in [0.1, 0.15) is 11.3 Å². The smallest absolute Gasteiger partial charge is 0.250 e. The van der Waals surface area contributed by atoms with Crippen LogP contribution in [0.5, 0.6) is 0 Å². The Kier molecular flexibility index (Phi) is 5.87. The maximum absolute atomic E-state index is 13.6. The van der Waals surface area contributed by atoms with Crippen molar-refractivity contribution < 1.29 is 4.39 Å². The minimum Gasteiger partial charge on any atom is -0.369 e. The molecule has 6 nitrogen and oxygen atoms in total. The molecule has 150 valence electrons. The molecule has 0 atom stereocenters. The Hall–Kier alpha value is -2.77. The van der Waals surface area contributed by atoms with Crippen LogP contribution in [-0.4, -0.2) is 57.4 Å². The lowest BCUT2D eigenvalue weighted by Crippen LogP contribution is -2.46. The predicted octanol–water partition coefficient (Wildman–Crippen LogP) is 3.60. The summed E-state index contributed by atoms with van der Waals surface area (Å²) in [5.74, 6) is 0.271. The van der Waals surface area contributed by atoms with E-state index in [4.69, 9.17) is 11.6 Å². The van der Waals surface area contributed by atoms with Gasteiger partial charge in [-0.25, -0.2) is 19.0 Å². The second kappa shape index (κ2) is 8.71. The van der Waals surface area contributed by atoms with E-state index in [-0.39, 0.29) is 5.82 Å². The molecule has 3 heterocycles. The molecule has 0 aliphatic carbocycles. The Bertz CT molecular complexity index is 975. The Morgan fingerprint density at radius 2 is 1.86 bits per heavy atom. The fourth-order valence-electron chi connectivity index (χ4n) is 3.43. The topological polar surface area (TPSA) is 50.1 Å². The molecule has 29 heavy (non-hydrogen) atoms. The van der Waals surface area contributed by atoms with Crippen LogP contribution in [0.25, 0.3) is 12.0 Å². The summed E-state index contributed by atoms with van der Waals surface area (Å²) in [6.45, 7) is 6.37. The van der Waals surface area contributed by atoms with Gasteiger partial charge in [0.25, 0.3) is 5.95 Å². The minimum absolute atomic E-state index is 0.297. The largest absolute Gasteiger partial charge is 0.369 e. The molecule has 1 fully saturated rings. The van der Waals surface area contributed by atoms with Crippen LogP contribution in [0.3, 0.4) is 0 Å². The van der Waals surface area contributed by atoms with Crippen LogP contribution in [0.4, 0.5) is 10.1 Å². The molecule has 0 N–H and O–H groups in total. The first-order chi connectivity index (χ1) is 14.1. The zero-order chi connectivity index (χ0) is 20.2. The zero-order valence-electron chi connectivity index (χ0n) is 16.2. The molecule has 3 aromatic rings. The number of anilines is 1. The first-order valence-corrected chi connectivity index (χ1v) is 9.90. The Morgan fingerprint density at radius 1 is 1.10 bits per heavy atom. The SMILES string of the molecule is Cc1c(/C=C/CN2CCN(c3cc(F)cc(Cl)c3)CC2)cnn1-c1ncccn1. The van der Waals surface area contributed by atoms with Crippen molar-refractivity contribution in [3.05, 3.63) is 71.0 Å². The summed E-state index contributed by atoms with van der Waals surface area (Å²) >= 11 is 5.98. The maximum Gasteiger partial charge on any atom is 0.250 e. The van der Waals surface area contributed by atoms with Crippen LogP contribution in [-0.2, 0) is 0 Å². The zero-order valence-corrected chi connectivity index (χ0v) is 16.9. The third-order valence-corrected chi connectivity index (χ3v) is 5.25. The van der Waals surface area contributed by atoms with E-state index in [0.29, 0.717) is 11.0 Å². The van der Waals surface area contributed by atoms with Crippen molar-refractivity contribution in [1.82, 2.24) is 24.6 Å². The molecule has 0 bridgehead atoms. The van der Waals surface area contributed by atoms with Crippen molar-refractivity contribution >= 4 is 23.4 Å². The van der Waals surface area contributed by atoms with Gasteiger partial charge in [0.05, 0.1) is 11.9 Å². The lowest BCUT2D eigenvalue weighted by Gasteiger charge is -2.35. The van der Waals surface area contributed by atoms with Crippen molar-refractivity contribution in [2.75, 3.05) is 37.6 Å². The lowest BCUT2D eigenvalue weighted by atomic mass is 10.2. The van der Waals surface area contributed by atoms with Gasteiger partial charge in [0.1, 0.15) is 5.82 Å². The molecule has 0 spiro atoms. The number of benzene rings is 1. The van der Waals surface area contributed by atoms with Gasteiger partial charge in [0.2, 0.25) is 0 Å². The summed E-state index contributed by atoms with van der Waals surface area (Å²) in [5, 5.41) is 4.82. The molecule has 0 unspecified atom stereocenters. The van der Waals surface area contributed by atoms with Crippen LogP contribution >= 0.6 is 11.6 Å². The van der Waals surface area contributed by atoms with Gasteiger partial charge in [-0.15, -0.1) is 0 Å². The molecular weight excluding hydrogens is 391 g/mol. The van der Waals surface area contributed by atoms with Gasteiger partial charge in [0, 0.05) is 61.4 Å². The third-order valence-electron chi connectivity index (χ3n) is 5.04. The van der Waals surface area contributed by atoms with Crippen molar-refractivity contribution in [2.24, 2.45) is 0 Å². The molecule has 1 saturated heterocycles. The van der Waals surface area contributed by atoms with Gasteiger partial charge in [-0.2, -0.15) is 5.10 Å². The normalized spacial score (nSPS) is 15.3. The Balaban J connectivity index is 1.33. The summed E-state index contributed by atoms with van der Waals surface area (Å²) in [5.41, 5.74) is 2.89. The highest BCUT2D eigenvalue weighted by Gasteiger charge is 2.17. The minimum atomic E-state index is -0.297. The molecule has 4 rings (SSSR count). The highest BCUT2D eigenvalue weighted by Crippen LogP contribution is 2.23. The number of hydrogen-bond acceptors (Lipinski definition) is 5. The molecule has 0 saturated carbocycles. The van der Waals surface area contributed by atoms with Gasteiger partial charge in [0.15, 0.2) is 0 Å². The highest BCUT2D eigenvalue weighted by molar-refractivity contribution is 6.30. The molecule has 0 radical (unpaired) electrons. The molecule has 2 aromatic heterocycles. The summed E-state index contributed by atoms with van der Waals surface area (Å²) < 4.78 is 15.3. The second-order valence-electron chi connectivity index (χ2n) is 6.96. The van der Waals surface area contributed by atoms with Crippen LogP contribution in [0.15, 0.2) is 48.9 Å². The van der Waals surface area contributed by atoms with E-state index in [0.717, 1.165) is 49.7 Å². The van der Waals surface area contributed by atoms with E-state index in [2.05, 4.69) is 37.0 Å². The molecule has 8 heteroatoms. The second-order valence-corrected chi connectivity index (χ2v) is 7.40. The van der Waals surface area contributed by atoms with Crippen LogP contribution in [0, 0.1) is 12.7 Å². The number of rotatable bonds is 5. The summed E-state index contributed by atoms with van der Waals surface area (Å²) in [6, 6.07) is 6.47. The Morgan fingerprint density at radius 3 is 2.59 bits per heavy atom. The number of piperazine rings is 1. The van der Waals surface area contributed by atoms with Crippen molar-refractivity contribution in [3.8, 4) is 5.95 Å². The van der Waals surface area contributed by atoms with Gasteiger partial charge >= 0.3 is 0 Å². The van der Waals surface area contributed by atoms with Crippen molar-refractivity contribution in [1.29, 1.82) is 0 Å². The molecule has 1 aliphatic heterocycles. The van der Waals surface area contributed by atoms with Gasteiger partial charge in [-0.1, -0.05) is 23.8 Å². The van der Waals surface area contributed by atoms with Crippen molar-refractivity contribution in [2.45, 2.75) is 6.92 Å². The van der Waals surface area contributed by atoms with E-state index in [1.54, 1.807) is 29.2 Å². The summed E-state index contributed by atoms with van der Waals surface area (Å²) in [4.78, 5) is 13.0. The van der Waals surface area contributed by atoms with E-state index in [1.807, 2.05) is 19.2 Å². The van der Waals surface area contributed by atoms with Crippen molar-refractivity contribution in [3.63, 3.8) is 0 Å². The average molecular weight is 413 g/mol. The maximum atomic E-state index is 13.6. The monoisotopic (exact) mass is 412 g/mol. The van der Waals surface area contributed by atoms with Gasteiger partial charge in [-0.05, 0) is 31.2 Å². The fourth-order valence-corrected chi connectivity index (χ4v) is 3.64. The standard InChI is InChI=1S/C21H22ClFN6/c1-16-17(15-26-29(16)21-24-5-3-6-25-21)4-2-7-27-8-10-28(11-9-27)20-13-18(22)12-19(23)14-20/h2-6,12-15H,7-11H2,1H3/b4-2+. The molecule has 1 aromatic carbocycles. The quantitative estimate of drug-likeness (QED) is 0.641. The van der Waals surface area contributed by atoms with Crippen LogP contribution in [0.2, 0.25) is 5.02 Å². The van der Waals surface area contributed by atoms with E-state index < -0.39 is 0 Å². The first-order valence-electron chi connectivity index (χ1n) is 9.52. The predicted molar refractivity (Wildman–Crippen MR) is 113 cm³/mol. The Labute approximate surface area is 174 Å². The van der Waals surface area contributed by atoms with Gasteiger partial charge < -0.3 is 4.90 Å². The highest BCUT2D eigenvalue weighted by atomic mass is 35.5. The summed E-state index contributed by atoms with van der Waals surface area (Å²) in [7, 11) is 0. The number of aromatic nitrogens is 4. The van der Waals surface area contributed by atoms with E-state index in [9.17, 15) is 4.39 Å². The molecule has 1 aliphatic rings. The lowest BCUT2D eigenvalue weighted by molar-refractivity contribution is 0.284. The fraction of sp³-hybridized carbons (Fsp3) is 0.286. The molecule has 0 amide bonds. The average Bonchev–Trinajstić information content (AvgIpc) is 3.09. The van der Waals surface area contributed by atoms with E-state index in [1.165, 1.54) is 6.07 Å². The first kappa shape index (κ1) is 19.5. The number of hydrogen-bond donors (Lipinski definition) is 0. The number of nitrogens with zero attached hydrogens (tertiary/aromatic N) is 6. The molecular formula is C21H22ClFN6. The number of halogens is 2. The van der Waals surface area contributed by atoms with Crippen LogP contribution < -0.4 is 4.90 Å².